The molecule has 0 aliphatic carbocycles. The lowest BCUT2D eigenvalue weighted by atomic mass is 9.96. The Hall–Kier alpha value is -2.90. The van der Waals surface area contributed by atoms with Crippen LogP contribution in [0.4, 0.5) is 5.82 Å². The largest absolute Gasteiger partial charge is 0.382 e. The van der Waals surface area contributed by atoms with E-state index in [0.717, 1.165) is 22.2 Å². The lowest BCUT2D eigenvalue weighted by molar-refractivity contribution is 0.0873. The van der Waals surface area contributed by atoms with E-state index in [2.05, 4.69) is 20.3 Å². The number of hydrogen-bond acceptors (Lipinski definition) is 5. The molecule has 1 aliphatic heterocycles. The second kappa shape index (κ2) is 5.55. The van der Waals surface area contributed by atoms with Gasteiger partial charge in [-0.15, -0.1) is 0 Å². The van der Waals surface area contributed by atoms with Crippen LogP contribution in [0.5, 0.6) is 0 Å². The van der Waals surface area contributed by atoms with Crippen molar-refractivity contribution in [2.24, 2.45) is 5.92 Å². The molecule has 8 heteroatoms. The molecule has 0 radical (unpaired) electrons. The van der Waals surface area contributed by atoms with Crippen molar-refractivity contribution in [1.29, 1.82) is 0 Å². The van der Waals surface area contributed by atoms with E-state index in [1.165, 1.54) is 0 Å². The van der Waals surface area contributed by atoms with Gasteiger partial charge in [-0.2, -0.15) is 0 Å². The Morgan fingerprint density at radius 2 is 2.15 bits per heavy atom. The van der Waals surface area contributed by atoms with Gasteiger partial charge in [0.2, 0.25) is 0 Å². The first-order chi connectivity index (χ1) is 12.6. The number of carbonyl (C=O) groups excluding carboxylic acids is 1. The first-order valence-electron chi connectivity index (χ1n) is 8.28. The van der Waals surface area contributed by atoms with Crippen LogP contribution in [-0.2, 0) is 0 Å². The summed E-state index contributed by atoms with van der Waals surface area (Å²) in [5.74, 6) is 0.211. The summed E-state index contributed by atoms with van der Waals surface area (Å²) in [5.41, 5.74) is 9.47. The Bertz CT molecular complexity index is 1170. The van der Waals surface area contributed by atoms with E-state index < -0.39 is 0 Å². The van der Waals surface area contributed by atoms with Crippen LogP contribution in [0.15, 0.2) is 36.8 Å². The van der Waals surface area contributed by atoms with Crippen LogP contribution in [-0.4, -0.2) is 38.2 Å². The van der Waals surface area contributed by atoms with E-state index >= 15 is 0 Å². The van der Waals surface area contributed by atoms with Gasteiger partial charge in [-0.1, -0.05) is 11.6 Å². The van der Waals surface area contributed by atoms with Gasteiger partial charge in [0, 0.05) is 54.1 Å². The van der Waals surface area contributed by atoms with Crippen molar-refractivity contribution in [3.05, 3.63) is 47.5 Å². The summed E-state index contributed by atoms with van der Waals surface area (Å²) in [6.07, 6.45) is 5.37. The third-order valence-electron chi connectivity index (χ3n) is 4.86. The number of nitrogens with two attached hydrogens (primary N) is 1. The third-order valence-corrected chi connectivity index (χ3v) is 5.27. The molecular weight excluding hydrogens is 352 g/mol. The molecule has 1 saturated heterocycles. The van der Waals surface area contributed by atoms with E-state index in [-0.39, 0.29) is 17.5 Å². The number of aromatic nitrogens is 4. The quantitative estimate of drug-likeness (QED) is 0.484. The highest BCUT2D eigenvalue weighted by Crippen LogP contribution is 2.33. The van der Waals surface area contributed by atoms with Gasteiger partial charge in [0.15, 0.2) is 11.6 Å². The standard InChI is InChI=1S/C18H15ClN6O/c19-14-11-3-4-22-18(11)23-7-12(14)9-1-2-13-24-17(20)15(25(13)8-9)16(26)10-5-21-6-10/h1-4,7-8,10,21H,5-6,20H2,(H,22,23). The number of pyridine rings is 2. The molecule has 0 bridgehead atoms. The molecule has 130 valence electrons. The van der Waals surface area contributed by atoms with Crippen molar-refractivity contribution in [2.45, 2.75) is 0 Å². The first-order valence-corrected chi connectivity index (χ1v) is 8.66. The number of nitrogens with zero attached hydrogens (tertiary/aromatic N) is 3. The summed E-state index contributed by atoms with van der Waals surface area (Å²) < 4.78 is 1.75. The summed E-state index contributed by atoms with van der Waals surface area (Å²) in [4.78, 5) is 24.5. The van der Waals surface area contributed by atoms with Crippen LogP contribution in [0.25, 0.3) is 27.8 Å². The van der Waals surface area contributed by atoms with E-state index in [1.54, 1.807) is 16.8 Å². The minimum absolute atomic E-state index is 0.0104. The van der Waals surface area contributed by atoms with Gasteiger partial charge in [-0.25, -0.2) is 9.97 Å². The second-order valence-corrected chi connectivity index (χ2v) is 6.81. The number of Topliss-reactive ketones (excluding diaryl/α,β-unsaturated/α-hetero) is 1. The van der Waals surface area contributed by atoms with Gasteiger partial charge < -0.3 is 16.0 Å². The number of nitrogens with one attached hydrogen (secondary N) is 2. The van der Waals surface area contributed by atoms with Gasteiger partial charge >= 0.3 is 0 Å². The van der Waals surface area contributed by atoms with E-state index in [9.17, 15) is 4.79 Å². The maximum absolute atomic E-state index is 12.8. The zero-order valence-corrected chi connectivity index (χ0v) is 14.4. The number of halogens is 1. The fourth-order valence-electron chi connectivity index (χ4n) is 3.31. The monoisotopic (exact) mass is 366 g/mol. The third kappa shape index (κ3) is 2.14. The molecule has 1 aliphatic rings. The molecule has 0 aromatic carbocycles. The van der Waals surface area contributed by atoms with Crippen LogP contribution in [0.3, 0.4) is 0 Å². The fourth-order valence-corrected chi connectivity index (χ4v) is 3.62. The molecule has 0 unspecified atom stereocenters. The highest BCUT2D eigenvalue weighted by molar-refractivity contribution is 6.38. The van der Waals surface area contributed by atoms with Crippen LogP contribution in [0.2, 0.25) is 5.02 Å². The Morgan fingerprint density at radius 1 is 1.31 bits per heavy atom. The lowest BCUT2D eigenvalue weighted by Gasteiger charge is -2.25. The number of rotatable bonds is 3. The van der Waals surface area contributed by atoms with Crippen LogP contribution in [0, 0.1) is 5.92 Å². The van der Waals surface area contributed by atoms with Gasteiger partial charge in [0.05, 0.1) is 5.02 Å². The fraction of sp³-hybridized carbons (Fsp3) is 0.167. The van der Waals surface area contributed by atoms with E-state index in [1.807, 2.05) is 24.4 Å². The summed E-state index contributed by atoms with van der Waals surface area (Å²) >= 11 is 6.57. The Labute approximate surface area is 153 Å². The summed E-state index contributed by atoms with van der Waals surface area (Å²) in [6, 6.07) is 5.63. The normalized spacial score (nSPS) is 14.8. The van der Waals surface area contributed by atoms with Crippen molar-refractivity contribution >= 4 is 39.9 Å². The molecule has 5 rings (SSSR count). The van der Waals surface area contributed by atoms with Gasteiger partial charge in [-0.3, -0.25) is 9.20 Å². The molecule has 4 aromatic rings. The number of fused-ring (bicyclic) bond motifs is 2. The number of ketones is 1. The number of imidazole rings is 1. The van der Waals surface area contributed by atoms with Crippen molar-refractivity contribution in [1.82, 2.24) is 24.7 Å². The molecule has 4 N–H and O–H groups in total. The number of anilines is 1. The summed E-state index contributed by atoms with van der Waals surface area (Å²) in [7, 11) is 0. The molecule has 5 heterocycles. The highest BCUT2D eigenvalue weighted by Gasteiger charge is 2.30. The minimum atomic E-state index is -0.0534. The molecule has 4 aromatic heterocycles. The lowest BCUT2D eigenvalue weighted by Crippen LogP contribution is -2.46. The smallest absolute Gasteiger partial charge is 0.189 e. The zero-order valence-electron chi connectivity index (χ0n) is 13.7. The Morgan fingerprint density at radius 3 is 2.92 bits per heavy atom. The van der Waals surface area contributed by atoms with Gasteiger partial charge in [0.1, 0.15) is 17.0 Å². The molecule has 0 atom stereocenters. The van der Waals surface area contributed by atoms with Gasteiger partial charge in [0.25, 0.3) is 0 Å². The number of H-pyrrole nitrogens is 1. The maximum atomic E-state index is 12.8. The topological polar surface area (TPSA) is 101 Å². The Balaban J connectivity index is 1.69. The van der Waals surface area contributed by atoms with Crippen LogP contribution in [0.1, 0.15) is 10.5 Å². The highest BCUT2D eigenvalue weighted by atomic mass is 35.5. The molecular formula is C18H15ClN6O. The molecule has 26 heavy (non-hydrogen) atoms. The Kier molecular flexibility index (Phi) is 3.28. The predicted molar refractivity (Wildman–Crippen MR) is 100 cm³/mol. The molecule has 1 fully saturated rings. The average molecular weight is 367 g/mol. The molecule has 0 amide bonds. The minimum Gasteiger partial charge on any atom is -0.382 e. The summed E-state index contributed by atoms with van der Waals surface area (Å²) in [6.45, 7) is 1.34. The van der Waals surface area contributed by atoms with E-state index in [0.29, 0.717) is 29.5 Å². The van der Waals surface area contributed by atoms with Crippen molar-refractivity contribution in [2.75, 3.05) is 18.8 Å². The first kappa shape index (κ1) is 15.4. The van der Waals surface area contributed by atoms with Crippen molar-refractivity contribution in [3.8, 4) is 11.1 Å². The predicted octanol–water partition coefficient (Wildman–Crippen LogP) is 2.52. The summed E-state index contributed by atoms with van der Waals surface area (Å²) in [5, 5.41) is 4.57. The molecule has 0 spiro atoms. The SMILES string of the molecule is Nc1nc2ccc(-c3cnc4[nH]ccc4c3Cl)cn2c1C(=O)C1CNC1. The van der Waals surface area contributed by atoms with Gasteiger partial charge in [-0.05, 0) is 18.2 Å². The maximum Gasteiger partial charge on any atom is 0.189 e. The molecule has 0 saturated carbocycles. The number of aromatic amines is 1. The number of hydrogen-bond donors (Lipinski definition) is 3. The average Bonchev–Trinajstić information content (AvgIpc) is 3.16. The van der Waals surface area contributed by atoms with Crippen LogP contribution < -0.4 is 11.1 Å². The number of nitrogen functional groups attached to an aromatic ring is 1. The van der Waals surface area contributed by atoms with Crippen molar-refractivity contribution < 1.29 is 4.79 Å². The molecule has 7 nitrogen and oxygen atoms in total. The van der Waals surface area contributed by atoms with Crippen LogP contribution >= 0.6 is 11.6 Å². The van der Waals surface area contributed by atoms with Crippen molar-refractivity contribution in [3.63, 3.8) is 0 Å². The number of carbonyl (C=O) groups is 1. The van der Waals surface area contributed by atoms with E-state index in [4.69, 9.17) is 17.3 Å². The second-order valence-electron chi connectivity index (χ2n) is 6.44. The zero-order chi connectivity index (χ0) is 17.8.